The molecule has 0 spiro atoms. The number of carbonyl (C=O) groups excluding carboxylic acids is 2. The number of para-hydroxylation sites is 1. The predicted octanol–water partition coefficient (Wildman–Crippen LogP) is 2.65. The zero-order valence-corrected chi connectivity index (χ0v) is 14.6. The first-order valence-electron chi connectivity index (χ1n) is 8.88. The SMILES string of the molecule is CN1C2CCCC1[C@@H](NC(=O)N1C(=O)C(C)(C)c3ccccc31)C2. The minimum absolute atomic E-state index is 0.138. The number of hydrogen-bond donors (Lipinski definition) is 1. The lowest BCUT2D eigenvalue weighted by Gasteiger charge is -2.32. The average Bonchev–Trinajstić information content (AvgIpc) is 2.84. The molecule has 5 nitrogen and oxygen atoms in total. The molecule has 3 atom stereocenters. The molecule has 1 aromatic rings. The standard InChI is InChI=1S/C19H25N3O2/c1-19(2)13-8-4-5-9-15(13)22(17(19)23)18(24)20-14-11-12-7-6-10-16(14)21(12)3/h4-5,8-9,12,14,16H,6-7,10-11H2,1-3H3,(H,20,24)/t12?,14-,16?/m0/s1. The van der Waals surface area contributed by atoms with Gasteiger partial charge in [0.25, 0.3) is 0 Å². The summed E-state index contributed by atoms with van der Waals surface area (Å²) in [6.45, 7) is 3.77. The van der Waals surface area contributed by atoms with Gasteiger partial charge < -0.3 is 5.32 Å². The zero-order chi connectivity index (χ0) is 17.1. The molecule has 1 aromatic carbocycles. The van der Waals surface area contributed by atoms with Gasteiger partial charge in [0, 0.05) is 18.1 Å². The van der Waals surface area contributed by atoms with Crippen molar-refractivity contribution in [1.29, 1.82) is 0 Å². The normalized spacial score (nSPS) is 31.2. The number of carbonyl (C=O) groups is 2. The molecule has 4 rings (SSSR count). The van der Waals surface area contributed by atoms with Gasteiger partial charge in [0.2, 0.25) is 5.91 Å². The lowest BCUT2D eigenvalue weighted by atomic mass is 9.86. The van der Waals surface area contributed by atoms with Crippen molar-refractivity contribution in [2.24, 2.45) is 0 Å². The molecular weight excluding hydrogens is 302 g/mol. The van der Waals surface area contributed by atoms with Crippen LogP contribution in [0.1, 0.15) is 45.1 Å². The molecule has 0 aromatic heterocycles. The lowest BCUT2D eigenvalue weighted by molar-refractivity contribution is -0.121. The Labute approximate surface area is 143 Å². The average molecular weight is 327 g/mol. The van der Waals surface area contributed by atoms with E-state index in [0.717, 1.165) is 24.1 Å². The number of rotatable bonds is 1. The van der Waals surface area contributed by atoms with E-state index < -0.39 is 5.41 Å². The van der Waals surface area contributed by atoms with Crippen LogP contribution in [-0.2, 0) is 10.2 Å². The number of urea groups is 1. The summed E-state index contributed by atoms with van der Waals surface area (Å²) in [4.78, 5) is 29.5. The zero-order valence-electron chi connectivity index (χ0n) is 14.6. The van der Waals surface area contributed by atoms with Crippen LogP contribution in [0.25, 0.3) is 0 Å². The van der Waals surface area contributed by atoms with Crippen LogP contribution in [0, 0.1) is 0 Å². The summed E-state index contributed by atoms with van der Waals surface area (Å²) in [5.41, 5.74) is 0.989. The Hall–Kier alpha value is -1.88. The Kier molecular flexibility index (Phi) is 3.46. The number of anilines is 1. The Bertz CT molecular complexity index is 700. The van der Waals surface area contributed by atoms with Gasteiger partial charge in [0.1, 0.15) is 0 Å². The highest BCUT2D eigenvalue weighted by atomic mass is 16.2. The number of piperidine rings is 1. The minimum Gasteiger partial charge on any atom is -0.333 e. The van der Waals surface area contributed by atoms with Gasteiger partial charge in [-0.15, -0.1) is 0 Å². The first-order chi connectivity index (χ1) is 11.4. The van der Waals surface area contributed by atoms with Gasteiger partial charge in [0.15, 0.2) is 0 Å². The second kappa shape index (κ2) is 5.31. The van der Waals surface area contributed by atoms with Gasteiger partial charge >= 0.3 is 6.03 Å². The van der Waals surface area contributed by atoms with Crippen molar-refractivity contribution >= 4 is 17.6 Å². The predicted molar refractivity (Wildman–Crippen MR) is 93.1 cm³/mol. The summed E-state index contributed by atoms with van der Waals surface area (Å²) in [7, 11) is 2.15. The molecular formula is C19H25N3O2. The van der Waals surface area contributed by atoms with Gasteiger partial charge in [-0.25, -0.2) is 9.69 Å². The largest absolute Gasteiger partial charge is 0.333 e. The lowest BCUT2D eigenvalue weighted by Crippen LogP contribution is -2.52. The van der Waals surface area contributed by atoms with Crippen molar-refractivity contribution in [3.8, 4) is 0 Å². The third-order valence-corrected chi connectivity index (χ3v) is 6.19. The molecule has 2 unspecified atom stereocenters. The highest BCUT2D eigenvalue weighted by Crippen LogP contribution is 2.41. The number of likely N-dealkylation sites (N-methyl/N-ethyl adjacent to an activating group) is 1. The van der Waals surface area contributed by atoms with Crippen molar-refractivity contribution in [3.05, 3.63) is 29.8 Å². The first kappa shape index (κ1) is 15.6. The van der Waals surface area contributed by atoms with Gasteiger partial charge in [-0.05, 0) is 51.8 Å². The second-order valence-electron chi connectivity index (χ2n) is 7.89. The maximum Gasteiger partial charge on any atom is 0.329 e. The molecule has 1 N–H and O–H groups in total. The third-order valence-electron chi connectivity index (χ3n) is 6.19. The van der Waals surface area contributed by atoms with Crippen molar-refractivity contribution in [3.63, 3.8) is 0 Å². The van der Waals surface area contributed by atoms with E-state index in [-0.39, 0.29) is 18.0 Å². The summed E-state index contributed by atoms with van der Waals surface area (Å²) in [5, 5.41) is 3.16. The molecule has 2 bridgehead atoms. The number of amides is 3. The summed E-state index contributed by atoms with van der Waals surface area (Å²) >= 11 is 0. The molecule has 3 amide bonds. The number of fused-ring (bicyclic) bond motifs is 3. The summed E-state index contributed by atoms with van der Waals surface area (Å²) < 4.78 is 0. The van der Waals surface area contributed by atoms with E-state index >= 15 is 0 Å². The van der Waals surface area contributed by atoms with E-state index in [4.69, 9.17) is 0 Å². The van der Waals surface area contributed by atoms with E-state index in [1.165, 1.54) is 17.7 Å². The molecule has 3 aliphatic rings. The molecule has 128 valence electrons. The van der Waals surface area contributed by atoms with Gasteiger partial charge in [0.05, 0.1) is 11.1 Å². The summed E-state index contributed by atoms with van der Waals surface area (Å²) in [6.07, 6.45) is 4.54. The molecule has 0 aliphatic carbocycles. The van der Waals surface area contributed by atoms with Crippen molar-refractivity contribution in [2.75, 3.05) is 11.9 Å². The quantitative estimate of drug-likeness (QED) is 0.863. The number of hydrogen-bond acceptors (Lipinski definition) is 3. The van der Waals surface area contributed by atoms with Gasteiger partial charge in [-0.2, -0.15) is 0 Å². The number of benzene rings is 1. The molecule has 3 aliphatic heterocycles. The summed E-state index contributed by atoms with van der Waals surface area (Å²) in [6, 6.07) is 8.43. The highest BCUT2D eigenvalue weighted by Gasteiger charge is 2.48. The molecule has 2 saturated heterocycles. The maximum atomic E-state index is 12.9. The minimum atomic E-state index is -0.656. The third kappa shape index (κ3) is 2.10. The smallest absolute Gasteiger partial charge is 0.329 e. The Morgan fingerprint density at radius 1 is 1.25 bits per heavy atom. The van der Waals surface area contributed by atoms with Crippen molar-refractivity contribution in [1.82, 2.24) is 10.2 Å². The van der Waals surface area contributed by atoms with Crippen LogP contribution in [-0.4, -0.2) is 42.0 Å². The van der Waals surface area contributed by atoms with E-state index in [2.05, 4.69) is 17.3 Å². The number of imide groups is 1. The molecule has 0 radical (unpaired) electrons. The van der Waals surface area contributed by atoms with E-state index in [1.807, 2.05) is 38.1 Å². The molecule has 24 heavy (non-hydrogen) atoms. The van der Waals surface area contributed by atoms with Crippen LogP contribution in [0.5, 0.6) is 0 Å². The van der Waals surface area contributed by atoms with Crippen molar-refractivity contribution < 1.29 is 9.59 Å². The second-order valence-corrected chi connectivity index (χ2v) is 7.89. The Morgan fingerprint density at radius 2 is 2.00 bits per heavy atom. The van der Waals surface area contributed by atoms with E-state index in [0.29, 0.717) is 12.1 Å². The monoisotopic (exact) mass is 327 g/mol. The van der Waals surface area contributed by atoms with E-state index in [9.17, 15) is 9.59 Å². The van der Waals surface area contributed by atoms with Crippen LogP contribution in [0.2, 0.25) is 0 Å². The summed E-state index contributed by atoms with van der Waals surface area (Å²) in [5.74, 6) is -0.143. The Balaban J connectivity index is 1.58. The highest BCUT2D eigenvalue weighted by molar-refractivity contribution is 6.22. The van der Waals surface area contributed by atoms with E-state index in [1.54, 1.807) is 0 Å². The molecule has 2 fully saturated rings. The Morgan fingerprint density at radius 3 is 2.75 bits per heavy atom. The fourth-order valence-electron chi connectivity index (χ4n) is 4.74. The number of nitrogens with one attached hydrogen (secondary N) is 1. The maximum absolute atomic E-state index is 12.9. The molecule has 3 heterocycles. The van der Waals surface area contributed by atoms with Crippen LogP contribution in [0.15, 0.2) is 24.3 Å². The van der Waals surface area contributed by atoms with Crippen LogP contribution in [0.4, 0.5) is 10.5 Å². The molecule has 5 heteroatoms. The fraction of sp³-hybridized carbons (Fsp3) is 0.579. The number of nitrogens with zero attached hydrogens (tertiary/aromatic N) is 2. The van der Waals surface area contributed by atoms with Crippen molar-refractivity contribution in [2.45, 2.75) is 63.1 Å². The van der Waals surface area contributed by atoms with Crippen LogP contribution in [0.3, 0.4) is 0 Å². The fourth-order valence-corrected chi connectivity index (χ4v) is 4.74. The van der Waals surface area contributed by atoms with Crippen LogP contribution < -0.4 is 10.2 Å². The van der Waals surface area contributed by atoms with Gasteiger partial charge in [-0.3, -0.25) is 9.69 Å². The van der Waals surface area contributed by atoms with Crippen LogP contribution >= 0.6 is 0 Å². The first-order valence-corrected chi connectivity index (χ1v) is 8.88. The van der Waals surface area contributed by atoms with Gasteiger partial charge in [-0.1, -0.05) is 24.6 Å². The molecule has 0 saturated carbocycles. The topological polar surface area (TPSA) is 52.7 Å².